The first-order chi connectivity index (χ1) is 13.2. The Balaban J connectivity index is 1.73. The molecule has 2 aromatic rings. The van der Waals surface area contributed by atoms with Crippen molar-refractivity contribution in [1.29, 1.82) is 0 Å². The van der Waals surface area contributed by atoms with Gasteiger partial charge in [-0.05, 0) is 41.8 Å². The van der Waals surface area contributed by atoms with Crippen LogP contribution in [0.2, 0.25) is 10.0 Å². The number of hydrazone groups is 1. The molecule has 0 bridgehead atoms. The normalized spacial score (nSPS) is 14.4. The summed E-state index contributed by atoms with van der Waals surface area (Å²) in [5, 5.41) is 13.5. The van der Waals surface area contributed by atoms with E-state index < -0.39 is 0 Å². The number of rotatable bonds is 6. The number of nitrogens with one attached hydrogen (secondary N) is 1. The maximum absolute atomic E-state index is 6.24. The number of aliphatic imine (C=N–C) groups is 1. The Morgan fingerprint density at radius 2 is 1.96 bits per heavy atom. The average Bonchev–Trinajstić information content (AvgIpc) is 3.16. The number of nitrogens with two attached hydrogens (primary N) is 1. The van der Waals surface area contributed by atoms with E-state index >= 15 is 0 Å². The van der Waals surface area contributed by atoms with E-state index in [9.17, 15) is 0 Å². The lowest BCUT2D eigenvalue weighted by Gasteiger charge is -2.17. The highest BCUT2D eigenvalue weighted by molar-refractivity contribution is 7.98. The molecule has 0 saturated carbocycles. The minimum atomic E-state index is 0.606. The fourth-order valence-corrected chi connectivity index (χ4v) is 3.71. The summed E-state index contributed by atoms with van der Waals surface area (Å²) in [6, 6.07) is 15.4. The smallest absolute Gasteiger partial charge is 0.225 e. The Morgan fingerprint density at radius 3 is 2.70 bits per heavy atom. The standard InChI is InChI=1S/C18H19Cl2N5S2/c19-14-7-5-13(6-8-14)16-9-11-25(23-16)18(22-10-12-26-21)24-27-17-4-2-1-3-15(17)20/h1-8H,9-12,21H2,(H,22,24). The van der Waals surface area contributed by atoms with Gasteiger partial charge in [0, 0.05) is 22.1 Å². The molecule has 2 aromatic carbocycles. The quantitative estimate of drug-likeness (QED) is 0.296. The number of halogens is 2. The molecule has 27 heavy (non-hydrogen) atoms. The van der Waals surface area contributed by atoms with Crippen LogP contribution in [0.15, 0.2) is 63.5 Å². The lowest BCUT2D eigenvalue weighted by molar-refractivity contribution is 0.479. The monoisotopic (exact) mass is 439 g/mol. The van der Waals surface area contributed by atoms with Crippen molar-refractivity contribution in [2.45, 2.75) is 11.3 Å². The van der Waals surface area contributed by atoms with Gasteiger partial charge in [0.05, 0.1) is 23.8 Å². The molecule has 3 rings (SSSR count). The highest BCUT2D eigenvalue weighted by Crippen LogP contribution is 2.25. The van der Waals surface area contributed by atoms with Gasteiger partial charge in [-0.15, -0.1) is 0 Å². The van der Waals surface area contributed by atoms with Gasteiger partial charge in [-0.3, -0.25) is 9.86 Å². The molecular weight excluding hydrogens is 421 g/mol. The minimum Gasteiger partial charge on any atom is -0.295 e. The molecule has 5 nitrogen and oxygen atoms in total. The summed E-state index contributed by atoms with van der Waals surface area (Å²) in [5.74, 6) is 1.43. The summed E-state index contributed by atoms with van der Waals surface area (Å²) in [4.78, 5) is 5.55. The molecule has 9 heteroatoms. The lowest BCUT2D eigenvalue weighted by Crippen LogP contribution is -2.33. The third-order valence-electron chi connectivity index (χ3n) is 3.78. The zero-order valence-corrected chi connectivity index (χ0v) is 17.6. The van der Waals surface area contributed by atoms with Crippen LogP contribution in [-0.2, 0) is 0 Å². The van der Waals surface area contributed by atoms with Crippen LogP contribution in [0.3, 0.4) is 0 Å². The number of guanidine groups is 1. The maximum Gasteiger partial charge on any atom is 0.225 e. The van der Waals surface area contributed by atoms with Gasteiger partial charge in [0.15, 0.2) is 0 Å². The van der Waals surface area contributed by atoms with E-state index in [1.807, 2.05) is 53.5 Å². The van der Waals surface area contributed by atoms with Gasteiger partial charge in [-0.2, -0.15) is 5.10 Å². The number of nitrogens with zero attached hydrogens (tertiary/aromatic N) is 3. The first-order valence-electron chi connectivity index (χ1n) is 8.32. The SMILES string of the molecule is NSCCN=C(NSc1ccccc1Cl)N1CCC(c2ccc(Cl)cc2)=N1. The Bertz CT molecular complexity index is 827. The molecule has 1 heterocycles. The van der Waals surface area contributed by atoms with Crippen molar-refractivity contribution in [1.82, 2.24) is 9.73 Å². The number of hydrogen-bond acceptors (Lipinski definition) is 5. The van der Waals surface area contributed by atoms with Crippen molar-refractivity contribution < 1.29 is 0 Å². The number of benzene rings is 2. The van der Waals surface area contributed by atoms with E-state index in [0.29, 0.717) is 22.5 Å². The van der Waals surface area contributed by atoms with Gasteiger partial charge in [0.25, 0.3) is 0 Å². The summed E-state index contributed by atoms with van der Waals surface area (Å²) in [5.41, 5.74) is 2.08. The maximum atomic E-state index is 6.24. The Labute approximate surface area is 177 Å². The van der Waals surface area contributed by atoms with Gasteiger partial charge >= 0.3 is 0 Å². The van der Waals surface area contributed by atoms with Crippen LogP contribution in [0.1, 0.15) is 12.0 Å². The van der Waals surface area contributed by atoms with E-state index in [-0.39, 0.29) is 0 Å². The molecule has 1 aliphatic heterocycles. The first kappa shape index (κ1) is 20.4. The molecule has 1 aliphatic rings. The van der Waals surface area contributed by atoms with Gasteiger partial charge in [-0.25, -0.2) is 10.0 Å². The third kappa shape index (κ3) is 5.80. The fraction of sp³-hybridized carbons (Fsp3) is 0.222. The summed E-state index contributed by atoms with van der Waals surface area (Å²) >= 11 is 14.9. The molecule has 0 fully saturated rings. The highest BCUT2D eigenvalue weighted by atomic mass is 35.5. The van der Waals surface area contributed by atoms with Gasteiger partial charge in [-0.1, -0.05) is 59.4 Å². The Hall–Kier alpha value is -1.38. The van der Waals surface area contributed by atoms with Crippen molar-refractivity contribution in [2.24, 2.45) is 15.2 Å². The molecule has 0 aliphatic carbocycles. The molecule has 0 unspecified atom stereocenters. The van der Waals surface area contributed by atoms with E-state index in [0.717, 1.165) is 34.9 Å². The molecule has 0 spiro atoms. The summed E-state index contributed by atoms with van der Waals surface area (Å²) in [6.45, 7) is 1.36. The molecule has 0 atom stereocenters. The van der Waals surface area contributed by atoms with Crippen molar-refractivity contribution in [3.63, 3.8) is 0 Å². The molecule has 0 radical (unpaired) electrons. The van der Waals surface area contributed by atoms with E-state index in [1.165, 1.54) is 23.9 Å². The van der Waals surface area contributed by atoms with E-state index in [4.69, 9.17) is 33.4 Å². The van der Waals surface area contributed by atoms with Crippen LogP contribution >= 0.6 is 47.1 Å². The van der Waals surface area contributed by atoms with Gasteiger partial charge < -0.3 is 0 Å². The van der Waals surface area contributed by atoms with Crippen molar-refractivity contribution in [2.75, 3.05) is 18.8 Å². The molecule has 0 aromatic heterocycles. The van der Waals surface area contributed by atoms with Crippen LogP contribution in [0, 0.1) is 0 Å². The van der Waals surface area contributed by atoms with Crippen LogP contribution in [0.25, 0.3) is 0 Å². The predicted molar refractivity (Wildman–Crippen MR) is 119 cm³/mol. The van der Waals surface area contributed by atoms with E-state index in [1.54, 1.807) is 0 Å². The van der Waals surface area contributed by atoms with Crippen LogP contribution in [0.4, 0.5) is 0 Å². The van der Waals surface area contributed by atoms with Crippen LogP contribution < -0.4 is 9.86 Å². The largest absolute Gasteiger partial charge is 0.295 e. The second-order valence-corrected chi connectivity index (χ2v) is 8.07. The second-order valence-electron chi connectivity index (χ2n) is 5.64. The van der Waals surface area contributed by atoms with Gasteiger partial charge in [0.2, 0.25) is 5.96 Å². The second kappa shape index (κ2) is 10.2. The summed E-state index contributed by atoms with van der Waals surface area (Å²) < 4.78 is 3.29. The zero-order valence-electron chi connectivity index (χ0n) is 14.4. The topological polar surface area (TPSA) is 66.0 Å². The predicted octanol–water partition coefficient (Wildman–Crippen LogP) is 4.66. The molecule has 0 saturated heterocycles. The highest BCUT2D eigenvalue weighted by Gasteiger charge is 2.20. The third-order valence-corrected chi connectivity index (χ3v) is 5.76. The molecular formula is C18H19Cl2N5S2. The zero-order chi connectivity index (χ0) is 19.1. The van der Waals surface area contributed by atoms with Crippen molar-refractivity contribution >= 4 is 58.8 Å². The molecule has 142 valence electrons. The minimum absolute atomic E-state index is 0.606. The van der Waals surface area contributed by atoms with E-state index in [2.05, 4.69) is 9.71 Å². The van der Waals surface area contributed by atoms with Crippen molar-refractivity contribution in [3.05, 3.63) is 64.1 Å². The Kier molecular flexibility index (Phi) is 7.72. The van der Waals surface area contributed by atoms with Crippen LogP contribution in [0.5, 0.6) is 0 Å². The number of hydrogen-bond donors (Lipinski definition) is 2. The summed E-state index contributed by atoms with van der Waals surface area (Å²) in [7, 11) is 0. The van der Waals surface area contributed by atoms with Crippen molar-refractivity contribution in [3.8, 4) is 0 Å². The fourth-order valence-electron chi connectivity index (χ4n) is 2.45. The average molecular weight is 440 g/mol. The van der Waals surface area contributed by atoms with Gasteiger partial charge in [0.1, 0.15) is 0 Å². The molecule has 0 amide bonds. The molecule has 3 N–H and O–H groups in total. The first-order valence-corrected chi connectivity index (χ1v) is 10.9. The summed E-state index contributed by atoms with van der Waals surface area (Å²) in [6.07, 6.45) is 0.838. The Morgan fingerprint density at radius 1 is 1.19 bits per heavy atom. The van der Waals surface area contributed by atoms with Crippen LogP contribution in [-0.4, -0.2) is 35.5 Å². The lowest BCUT2D eigenvalue weighted by atomic mass is 10.1.